The summed E-state index contributed by atoms with van der Waals surface area (Å²) in [6.07, 6.45) is 0. The molecule has 0 amide bonds. The lowest BCUT2D eigenvalue weighted by Crippen LogP contribution is -2.01. The van der Waals surface area contributed by atoms with Gasteiger partial charge in [-0.2, -0.15) is 0 Å². The molecule has 0 saturated heterocycles. The lowest BCUT2D eigenvalue weighted by Gasteiger charge is -2.14. The second kappa shape index (κ2) is 16.6. The van der Waals surface area contributed by atoms with Crippen molar-refractivity contribution in [2.75, 3.05) is 0 Å². The maximum Gasteiger partial charge on any atom is 0.164 e. The van der Waals surface area contributed by atoms with Gasteiger partial charge in [-0.05, 0) is 113 Å². The van der Waals surface area contributed by atoms with Crippen LogP contribution in [-0.4, -0.2) is 24.1 Å². The van der Waals surface area contributed by atoms with Gasteiger partial charge in [0, 0.05) is 71.2 Å². The van der Waals surface area contributed by atoms with E-state index in [9.17, 15) is 0 Å². The summed E-state index contributed by atoms with van der Waals surface area (Å²) >= 11 is 0. The third-order valence-electron chi connectivity index (χ3n) is 15.2. The summed E-state index contributed by atoms with van der Waals surface area (Å²) in [6, 6.07) is 87.2. The van der Waals surface area contributed by atoms with E-state index in [1.807, 2.05) is 36.4 Å². The first-order chi connectivity index (χ1) is 37.7. The van der Waals surface area contributed by atoms with Gasteiger partial charge in [-0.15, -0.1) is 0 Å². The van der Waals surface area contributed by atoms with Crippen LogP contribution in [-0.2, 0) is 0 Å². The second-order valence-electron chi connectivity index (χ2n) is 19.5. The molecule has 5 aromatic heterocycles. The molecule has 0 aliphatic carbocycles. The van der Waals surface area contributed by atoms with Crippen molar-refractivity contribution in [3.8, 4) is 67.8 Å². The quantitative estimate of drug-likeness (QED) is 0.159. The van der Waals surface area contributed by atoms with Crippen LogP contribution in [0.25, 0.3) is 155 Å². The molecular weight excluding hydrogens is 931 g/mol. The first-order valence-electron chi connectivity index (χ1n) is 25.6. The number of benzene rings is 11. The molecule has 0 saturated carbocycles. The van der Waals surface area contributed by atoms with Crippen molar-refractivity contribution in [2.24, 2.45) is 0 Å². The Kier molecular flexibility index (Phi) is 9.20. The normalized spacial score (nSPS) is 11.9. The van der Waals surface area contributed by atoms with Crippen LogP contribution >= 0.6 is 0 Å². The van der Waals surface area contributed by atoms with Crippen LogP contribution in [0.2, 0.25) is 0 Å². The highest BCUT2D eigenvalue weighted by Crippen LogP contribution is 2.46. The van der Waals surface area contributed by atoms with Gasteiger partial charge in [0.1, 0.15) is 22.3 Å². The minimum Gasteiger partial charge on any atom is -0.456 e. The average Bonchev–Trinajstić information content (AvgIpc) is 4.29. The zero-order chi connectivity index (χ0) is 49.8. The van der Waals surface area contributed by atoms with Gasteiger partial charge in [0.2, 0.25) is 0 Å². The Balaban J connectivity index is 0.939. The summed E-state index contributed by atoms with van der Waals surface area (Å²) in [7, 11) is 0. The fourth-order valence-corrected chi connectivity index (χ4v) is 11.8. The minimum atomic E-state index is 0.570. The number of aromatic nitrogens is 5. The number of furan rings is 2. The number of rotatable bonds is 7. The van der Waals surface area contributed by atoms with Crippen LogP contribution < -0.4 is 0 Å². The van der Waals surface area contributed by atoms with E-state index in [4.69, 9.17) is 23.8 Å². The SMILES string of the molecule is c1ccc(-c2nc(-c3ccccc3)nc(-c3cc(-c4ccc5oc6ccc7c(c8ccccc8n7-c7ccccc7)c6c5c4)ccc3-c3ccc4oc5ccc6c(c7ccccc7n6-c6ccccc6)c5c4c3)n2)cc1. The van der Waals surface area contributed by atoms with Crippen molar-refractivity contribution >= 4 is 87.5 Å². The molecule has 0 N–H and O–H groups in total. The molecule has 7 heteroatoms. The highest BCUT2D eigenvalue weighted by Gasteiger charge is 2.23. The second-order valence-corrected chi connectivity index (χ2v) is 19.5. The molecule has 0 aliphatic heterocycles. The van der Waals surface area contributed by atoms with Crippen molar-refractivity contribution in [2.45, 2.75) is 0 Å². The summed E-state index contributed by atoms with van der Waals surface area (Å²) in [5.74, 6) is 1.76. The van der Waals surface area contributed by atoms with Crippen LogP contribution in [0.3, 0.4) is 0 Å². The number of hydrogen-bond donors (Lipinski definition) is 0. The highest BCUT2D eigenvalue weighted by molar-refractivity contribution is 6.29. The maximum atomic E-state index is 6.72. The molecule has 16 aromatic rings. The molecule has 7 nitrogen and oxygen atoms in total. The Hall–Kier alpha value is -10.4. The van der Waals surface area contributed by atoms with Gasteiger partial charge in [0.05, 0.1) is 22.1 Å². The first-order valence-corrected chi connectivity index (χ1v) is 25.6. The molecule has 0 unspecified atom stereocenters. The fraction of sp³-hybridized carbons (Fsp3) is 0. The molecule has 0 bridgehead atoms. The Labute approximate surface area is 434 Å². The molecule has 0 aliphatic rings. The topological polar surface area (TPSA) is 74.8 Å². The maximum absolute atomic E-state index is 6.72. The van der Waals surface area contributed by atoms with E-state index >= 15 is 0 Å². The molecule has 76 heavy (non-hydrogen) atoms. The predicted molar refractivity (Wildman–Crippen MR) is 310 cm³/mol. The van der Waals surface area contributed by atoms with Gasteiger partial charge in [-0.1, -0.05) is 158 Å². The van der Waals surface area contributed by atoms with E-state index in [1.54, 1.807) is 0 Å². The predicted octanol–water partition coefficient (Wildman–Crippen LogP) is 18.2. The summed E-state index contributed by atoms with van der Waals surface area (Å²) in [5.41, 5.74) is 16.8. The highest BCUT2D eigenvalue weighted by atomic mass is 16.3. The van der Waals surface area contributed by atoms with Gasteiger partial charge < -0.3 is 18.0 Å². The number of hydrogen-bond acceptors (Lipinski definition) is 5. The first kappa shape index (κ1) is 42.2. The molecule has 0 spiro atoms. The van der Waals surface area contributed by atoms with E-state index in [-0.39, 0.29) is 0 Å². The lowest BCUT2D eigenvalue weighted by molar-refractivity contribution is 0.669. The van der Waals surface area contributed by atoms with Gasteiger partial charge in [-0.25, -0.2) is 15.0 Å². The summed E-state index contributed by atoms with van der Waals surface area (Å²) in [5, 5.41) is 8.93. The largest absolute Gasteiger partial charge is 0.456 e. The van der Waals surface area contributed by atoms with Crippen molar-refractivity contribution < 1.29 is 8.83 Å². The van der Waals surface area contributed by atoms with E-state index in [1.165, 1.54) is 16.2 Å². The van der Waals surface area contributed by atoms with E-state index in [0.29, 0.717) is 17.5 Å². The van der Waals surface area contributed by atoms with Crippen LogP contribution in [0.1, 0.15) is 0 Å². The van der Waals surface area contributed by atoms with Gasteiger partial charge in [0.15, 0.2) is 17.5 Å². The summed E-state index contributed by atoms with van der Waals surface area (Å²) in [6.45, 7) is 0. The van der Waals surface area contributed by atoms with E-state index in [2.05, 4.69) is 221 Å². The summed E-state index contributed by atoms with van der Waals surface area (Å²) in [4.78, 5) is 15.8. The fourth-order valence-electron chi connectivity index (χ4n) is 11.8. The van der Waals surface area contributed by atoms with Gasteiger partial charge in [0.25, 0.3) is 0 Å². The van der Waals surface area contributed by atoms with Gasteiger partial charge >= 0.3 is 0 Å². The monoisotopic (exact) mass is 971 g/mol. The van der Waals surface area contributed by atoms with E-state index < -0.39 is 0 Å². The average molecular weight is 972 g/mol. The molecule has 0 atom stereocenters. The molecule has 0 fully saturated rings. The number of fused-ring (bicyclic) bond motifs is 14. The Morgan fingerprint density at radius 3 is 1.18 bits per heavy atom. The van der Waals surface area contributed by atoms with Crippen molar-refractivity contribution in [3.63, 3.8) is 0 Å². The Morgan fingerprint density at radius 1 is 0.250 bits per heavy atom. The van der Waals surface area contributed by atoms with Crippen LogP contribution in [0, 0.1) is 0 Å². The zero-order valence-corrected chi connectivity index (χ0v) is 40.7. The van der Waals surface area contributed by atoms with Crippen molar-refractivity contribution in [1.29, 1.82) is 0 Å². The van der Waals surface area contributed by atoms with Crippen molar-refractivity contribution in [3.05, 3.63) is 249 Å². The lowest BCUT2D eigenvalue weighted by atomic mass is 9.92. The van der Waals surface area contributed by atoms with Gasteiger partial charge in [-0.3, -0.25) is 0 Å². The number of nitrogens with zero attached hydrogens (tertiary/aromatic N) is 5. The molecular formula is C69H41N5O2. The number of para-hydroxylation sites is 4. The Morgan fingerprint density at radius 2 is 0.658 bits per heavy atom. The molecule has 11 aromatic carbocycles. The van der Waals surface area contributed by atoms with Crippen molar-refractivity contribution in [1.82, 2.24) is 24.1 Å². The minimum absolute atomic E-state index is 0.570. The third kappa shape index (κ3) is 6.46. The Bertz CT molecular complexity index is 4920. The molecule has 354 valence electrons. The van der Waals surface area contributed by atoms with Crippen LogP contribution in [0.4, 0.5) is 0 Å². The molecule has 16 rings (SSSR count). The van der Waals surface area contributed by atoms with Crippen LogP contribution in [0.5, 0.6) is 0 Å². The third-order valence-corrected chi connectivity index (χ3v) is 15.2. The van der Waals surface area contributed by atoms with E-state index in [0.717, 1.165) is 122 Å². The standard InChI is InChI=1S/C69H41N5O2/c1-5-17-42(18-6-1)67-70-68(43-19-7-2-8-20-43)72-69(71-67)52-39-44(45-30-35-59-53(40-45)65-61(75-59)37-33-57-63(65)50-25-13-15-27-55(50)73(57)47-21-9-3-10-22-47)29-32-49(52)46-31-36-60-54(41-46)66-62(76-60)38-34-58-64(66)51-26-14-16-28-56(51)74(58)48-23-11-4-12-24-48/h1-41H. The van der Waals surface area contributed by atoms with Crippen LogP contribution in [0.15, 0.2) is 258 Å². The molecule has 0 radical (unpaired) electrons. The smallest absolute Gasteiger partial charge is 0.164 e. The molecule has 5 heterocycles. The summed E-state index contributed by atoms with van der Waals surface area (Å²) < 4.78 is 18.1. The zero-order valence-electron chi connectivity index (χ0n) is 40.7.